The molecule has 1 heterocycles. The number of carboxylic acids is 1. The number of aromatic nitrogens is 1. The Kier molecular flexibility index (Phi) is 10.4. The summed E-state index contributed by atoms with van der Waals surface area (Å²) in [7, 11) is 0. The van der Waals surface area contributed by atoms with Crippen molar-refractivity contribution in [1.82, 2.24) is 4.98 Å². The molecule has 0 saturated heterocycles. The summed E-state index contributed by atoms with van der Waals surface area (Å²) in [5.41, 5.74) is 2.85. The Bertz CT molecular complexity index is 1210. The van der Waals surface area contributed by atoms with E-state index in [1.165, 1.54) is 44.6 Å². The van der Waals surface area contributed by atoms with E-state index in [0.717, 1.165) is 35.0 Å². The van der Waals surface area contributed by atoms with E-state index in [2.05, 4.69) is 27.8 Å². The summed E-state index contributed by atoms with van der Waals surface area (Å²) < 4.78 is 35.0. The Morgan fingerprint density at radius 2 is 1.76 bits per heavy atom. The number of carbonyl (C=O) groups is 1. The van der Waals surface area contributed by atoms with Gasteiger partial charge in [0, 0.05) is 44.7 Å². The third-order valence-electron chi connectivity index (χ3n) is 7.81. The summed E-state index contributed by atoms with van der Waals surface area (Å²) >= 11 is 3.32. The number of ether oxygens (including phenoxy) is 1. The standard InChI is InChI=1S/C31H38BrF2NO3/c1-2-3-4-5-6-7-8-11-16-38-27-18-20(17-25(27)31(36)37)29-28(23-12-9-10-13-26(23)35-29)22-15-14-21(32)19-24(22)30(33)34/h9-10,12-15,19-20,25,27,30,35H,2-8,11,16-18H2,1H3,(H,36,37)/t20-,25-,27-/m0/s1. The number of unbranched alkanes of at least 4 members (excludes halogenated alkanes) is 7. The summed E-state index contributed by atoms with van der Waals surface area (Å²) in [6.45, 7) is 2.77. The van der Waals surface area contributed by atoms with Crippen molar-refractivity contribution in [2.45, 2.75) is 89.6 Å². The summed E-state index contributed by atoms with van der Waals surface area (Å²) in [4.78, 5) is 15.6. The molecular formula is C31H38BrF2NO3. The highest BCUT2D eigenvalue weighted by molar-refractivity contribution is 9.10. The molecule has 4 nitrogen and oxygen atoms in total. The fourth-order valence-electron chi connectivity index (χ4n) is 5.85. The highest BCUT2D eigenvalue weighted by Crippen LogP contribution is 2.47. The number of benzene rings is 2. The molecule has 7 heteroatoms. The molecule has 4 rings (SSSR count). The van der Waals surface area contributed by atoms with E-state index in [9.17, 15) is 18.7 Å². The second-order valence-corrected chi connectivity index (χ2v) is 11.4. The van der Waals surface area contributed by atoms with Crippen molar-refractivity contribution in [3.8, 4) is 11.1 Å². The molecule has 0 spiro atoms. The van der Waals surface area contributed by atoms with Gasteiger partial charge in [-0.1, -0.05) is 92.1 Å². The molecule has 0 bridgehead atoms. The minimum Gasteiger partial charge on any atom is -0.481 e. The van der Waals surface area contributed by atoms with Crippen LogP contribution in [0.1, 0.15) is 94.7 Å². The number of rotatable bonds is 14. The molecule has 1 aliphatic carbocycles. The third-order valence-corrected chi connectivity index (χ3v) is 8.31. The molecule has 3 aromatic rings. The van der Waals surface area contributed by atoms with Crippen molar-refractivity contribution >= 4 is 32.8 Å². The first-order valence-corrected chi connectivity index (χ1v) is 14.7. The number of nitrogens with one attached hydrogen (secondary N) is 1. The molecule has 0 unspecified atom stereocenters. The van der Waals surface area contributed by atoms with Crippen LogP contribution in [0.2, 0.25) is 0 Å². The van der Waals surface area contributed by atoms with Gasteiger partial charge < -0.3 is 14.8 Å². The highest BCUT2D eigenvalue weighted by Gasteiger charge is 2.42. The average molecular weight is 591 g/mol. The number of halogens is 3. The number of hydrogen-bond acceptors (Lipinski definition) is 2. The molecule has 1 saturated carbocycles. The van der Waals surface area contributed by atoms with Crippen LogP contribution in [0.3, 0.4) is 0 Å². The van der Waals surface area contributed by atoms with Crippen LogP contribution in [0, 0.1) is 5.92 Å². The average Bonchev–Trinajstić information content (AvgIpc) is 3.49. The number of H-pyrrole nitrogens is 1. The van der Waals surface area contributed by atoms with Crippen LogP contribution in [-0.2, 0) is 9.53 Å². The number of alkyl halides is 2. The van der Waals surface area contributed by atoms with Crippen molar-refractivity contribution in [3.05, 3.63) is 58.2 Å². The van der Waals surface area contributed by atoms with Crippen LogP contribution in [0.15, 0.2) is 46.9 Å². The topological polar surface area (TPSA) is 62.3 Å². The lowest BCUT2D eigenvalue weighted by Crippen LogP contribution is -2.25. The third kappa shape index (κ3) is 6.84. The van der Waals surface area contributed by atoms with E-state index in [1.807, 2.05) is 24.3 Å². The minimum absolute atomic E-state index is 0.0411. The Morgan fingerprint density at radius 1 is 1.05 bits per heavy atom. The van der Waals surface area contributed by atoms with Crippen molar-refractivity contribution in [2.24, 2.45) is 5.92 Å². The lowest BCUT2D eigenvalue weighted by molar-refractivity contribution is -0.146. The maximum Gasteiger partial charge on any atom is 0.309 e. The number of aliphatic carboxylic acids is 1. The van der Waals surface area contributed by atoms with Gasteiger partial charge in [-0.2, -0.15) is 0 Å². The monoisotopic (exact) mass is 589 g/mol. The Hall–Kier alpha value is -2.25. The van der Waals surface area contributed by atoms with Crippen molar-refractivity contribution in [3.63, 3.8) is 0 Å². The maximum atomic E-state index is 14.1. The molecule has 0 radical (unpaired) electrons. The zero-order valence-corrected chi connectivity index (χ0v) is 23.6. The van der Waals surface area contributed by atoms with Crippen molar-refractivity contribution < 1.29 is 23.4 Å². The van der Waals surface area contributed by atoms with E-state index in [1.54, 1.807) is 12.1 Å². The van der Waals surface area contributed by atoms with Crippen LogP contribution in [0.4, 0.5) is 8.78 Å². The summed E-state index contributed by atoms with van der Waals surface area (Å²) in [5.74, 6) is -1.60. The van der Waals surface area contributed by atoms with Crippen LogP contribution in [0.25, 0.3) is 22.0 Å². The van der Waals surface area contributed by atoms with Gasteiger partial charge in [0.15, 0.2) is 0 Å². The molecule has 2 aromatic carbocycles. The fraction of sp³-hybridized carbons (Fsp3) is 0.516. The predicted molar refractivity (Wildman–Crippen MR) is 152 cm³/mol. The van der Waals surface area contributed by atoms with E-state index >= 15 is 0 Å². The first-order valence-electron chi connectivity index (χ1n) is 13.9. The Labute approximate surface area is 232 Å². The quantitative estimate of drug-likeness (QED) is 0.184. The minimum atomic E-state index is -2.64. The lowest BCUT2D eigenvalue weighted by atomic mass is 9.91. The van der Waals surface area contributed by atoms with Gasteiger partial charge in [-0.25, -0.2) is 8.78 Å². The molecule has 2 N–H and O–H groups in total. The zero-order valence-electron chi connectivity index (χ0n) is 22.0. The van der Waals surface area contributed by atoms with E-state index < -0.39 is 18.3 Å². The molecule has 0 amide bonds. The Balaban J connectivity index is 1.51. The van der Waals surface area contributed by atoms with Gasteiger partial charge in [0.05, 0.1) is 12.0 Å². The molecule has 206 valence electrons. The van der Waals surface area contributed by atoms with Gasteiger partial charge in [-0.15, -0.1) is 0 Å². The van der Waals surface area contributed by atoms with E-state index in [0.29, 0.717) is 29.5 Å². The van der Waals surface area contributed by atoms with Crippen LogP contribution in [0.5, 0.6) is 0 Å². The summed E-state index contributed by atoms with van der Waals surface area (Å²) in [6, 6.07) is 12.6. The SMILES string of the molecule is CCCCCCCCCCO[C@H]1C[C@@H](c2[nH]c3ccccc3c2-c2ccc(Br)cc2C(F)F)C[C@@H]1C(=O)O. The molecular weight excluding hydrogens is 552 g/mol. The molecule has 0 aliphatic heterocycles. The maximum absolute atomic E-state index is 14.1. The molecule has 1 aliphatic rings. The fourth-order valence-corrected chi connectivity index (χ4v) is 6.23. The number of para-hydroxylation sites is 1. The number of fused-ring (bicyclic) bond motifs is 1. The smallest absolute Gasteiger partial charge is 0.309 e. The van der Waals surface area contributed by atoms with E-state index in [-0.39, 0.29) is 17.6 Å². The predicted octanol–water partition coefficient (Wildman–Crippen LogP) is 9.64. The highest BCUT2D eigenvalue weighted by atomic mass is 79.9. The second-order valence-electron chi connectivity index (χ2n) is 10.5. The second kappa shape index (κ2) is 13.7. The first kappa shape index (κ1) is 28.8. The number of aromatic amines is 1. The van der Waals surface area contributed by atoms with Gasteiger partial charge >= 0.3 is 5.97 Å². The van der Waals surface area contributed by atoms with Crippen molar-refractivity contribution in [1.29, 1.82) is 0 Å². The van der Waals surface area contributed by atoms with Gasteiger partial charge in [0.2, 0.25) is 0 Å². The zero-order chi connectivity index (χ0) is 27.1. The number of carboxylic acid groups (broad SMARTS) is 1. The Morgan fingerprint density at radius 3 is 2.47 bits per heavy atom. The summed E-state index contributed by atoms with van der Waals surface area (Å²) in [6.07, 6.45) is 7.49. The van der Waals surface area contributed by atoms with Crippen LogP contribution in [-0.4, -0.2) is 28.8 Å². The molecule has 38 heavy (non-hydrogen) atoms. The van der Waals surface area contributed by atoms with Crippen LogP contribution >= 0.6 is 15.9 Å². The molecule has 1 aromatic heterocycles. The van der Waals surface area contributed by atoms with Gasteiger partial charge in [0.25, 0.3) is 6.43 Å². The van der Waals surface area contributed by atoms with E-state index in [4.69, 9.17) is 4.74 Å². The van der Waals surface area contributed by atoms with Crippen molar-refractivity contribution in [2.75, 3.05) is 6.61 Å². The lowest BCUT2D eigenvalue weighted by Gasteiger charge is -2.17. The van der Waals surface area contributed by atoms with Gasteiger partial charge in [-0.3, -0.25) is 4.79 Å². The van der Waals surface area contributed by atoms with Gasteiger partial charge in [0.1, 0.15) is 0 Å². The number of hydrogen-bond donors (Lipinski definition) is 2. The molecule has 3 atom stereocenters. The van der Waals surface area contributed by atoms with Crippen LogP contribution < -0.4 is 0 Å². The normalized spacial score (nSPS) is 19.6. The largest absolute Gasteiger partial charge is 0.481 e. The summed E-state index contributed by atoms with van der Waals surface area (Å²) in [5, 5.41) is 10.8. The van der Waals surface area contributed by atoms with Gasteiger partial charge in [-0.05, 0) is 43.0 Å². The molecule has 1 fully saturated rings. The first-order chi connectivity index (χ1) is 18.4.